The Bertz CT molecular complexity index is 354. The molecular formula is C12H22N2O2. The van der Waals surface area contributed by atoms with Crippen molar-refractivity contribution in [1.29, 1.82) is 0 Å². The molecule has 0 aliphatic carbocycles. The van der Waals surface area contributed by atoms with Crippen LogP contribution in [0.3, 0.4) is 0 Å². The van der Waals surface area contributed by atoms with Crippen molar-refractivity contribution >= 4 is 5.97 Å². The number of esters is 1. The fraction of sp³-hybridized carbons (Fsp3) is 0.667. The van der Waals surface area contributed by atoms with E-state index in [4.69, 9.17) is 4.74 Å². The molecule has 0 aliphatic rings. The molecule has 1 aromatic rings. The average Bonchev–Trinajstić information content (AvgIpc) is 2.56. The molecule has 0 N–H and O–H groups in total. The molecule has 0 unspecified atom stereocenters. The van der Waals surface area contributed by atoms with E-state index in [9.17, 15) is 4.79 Å². The van der Waals surface area contributed by atoms with Crippen molar-refractivity contribution in [3.63, 3.8) is 0 Å². The fourth-order valence-corrected chi connectivity index (χ4v) is 1.56. The maximum atomic E-state index is 11.4. The van der Waals surface area contributed by atoms with Gasteiger partial charge in [0.05, 0.1) is 18.5 Å². The lowest BCUT2D eigenvalue weighted by Gasteiger charge is -2.07. The first-order valence-electron chi connectivity index (χ1n) is 5.63. The SMILES string of the molecule is CC.COC(=O)c1c(C)nn(C(C)C)c1C. The van der Waals surface area contributed by atoms with Gasteiger partial charge < -0.3 is 4.74 Å². The molecule has 0 spiro atoms. The third kappa shape index (κ3) is 2.84. The highest BCUT2D eigenvalue weighted by Crippen LogP contribution is 2.17. The highest BCUT2D eigenvalue weighted by Gasteiger charge is 2.19. The predicted octanol–water partition coefficient (Wildman–Crippen LogP) is 2.89. The Hall–Kier alpha value is -1.32. The molecule has 0 amide bonds. The fourth-order valence-electron chi connectivity index (χ4n) is 1.56. The summed E-state index contributed by atoms with van der Waals surface area (Å²) in [5, 5.41) is 4.29. The number of aryl methyl sites for hydroxylation is 1. The minimum atomic E-state index is -0.313. The summed E-state index contributed by atoms with van der Waals surface area (Å²) in [6.07, 6.45) is 0. The molecule has 0 radical (unpaired) electrons. The number of carbonyl (C=O) groups excluding carboxylic acids is 1. The second kappa shape index (κ2) is 6.30. The van der Waals surface area contributed by atoms with Gasteiger partial charge >= 0.3 is 5.97 Å². The summed E-state index contributed by atoms with van der Waals surface area (Å²) in [4.78, 5) is 11.4. The monoisotopic (exact) mass is 226 g/mol. The van der Waals surface area contributed by atoms with Crippen molar-refractivity contribution in [2.75, 3.05) is 7.11 Å². The first-order chi connectivity index (χ1) is 7.49. The van der Waals surface area contributed by atoms with Gasteiger partial charge in [-0.3, -0.25) is 4.68 Å². The van der Waals surface area contributed by atoms with Crippen molar-refractivity contribution < 1.29 is 9.53 Å². The summed E-state index contributed by atoms with van der Waals surface area (Å²) < 4.78 is 6.53. The summed E-state index contributed by atoms with van der Waals surface area (Å²) >= 11 is 0. The summed E-state index contributed by atoms with van der Waals surface area (Å²) in [5.41, 5.74) is 2.17. The summed E-state index contributed by atoms with van der Waals surface area (Å²) in [6, 6.07) is 0.257. The van der Waals surface area contributed by atoms with Crippen LogP contribution in [-0.2, 0) is 4.74 Å². The van der Waals surface area contributed by atoms with Crippen molar-refractivity contribution in [2.45, 2.75) is 47.6 Å². The normalized spacial score (nSPS) is 9.75. The van der Waals surface area contributed by atoms with Crippen LogP contribution < -0.4 is 0 Å². The van der Waals surface area contributed by atoms with Crippen LogP contribution in [0.25, 0.3) is 0 Å². The smallest absolute Gasteiger partial charge is 0.341 e. The van der Waals surface area contributed by atoms with Crippen LogP contribution in [0.5, 0.6) is 0 Å². The number of rotatable bonds is 2. The zero-order chi connectivity index (χ0) is 12.9. The van der Waals surface area contributed by atoms with Gasteiger partial charge in [-0.05, 0) is 27.7 Å². The highest BCUT2D eigenvalue weighted by atomic mass is 16.5. The Labute approximate surface area is 97.6 Å². The first kappa shape index (κ1) is 14.7. The van der Waals surface area contributed by atoms with E-state index in [0.29, 0.717) is 5.56 Å². The molecule has 0 aromatic carbocycles. The van der Waals surface area contributed by atoms with Gasteiger partial charge in [0.15, 0.2) is 0 Å². The van der Waals surface area contributed by atoms with Crippen molar-refractivity contribution in [2.24, 2.45) is 0 Å². The van der Waals surface area contributed by atoms with Crippen LogP contribution in [0.2, 0.25) is 0 Å². The van der Waals surface area contributed by atoms with Crippen LogP contribution in [0.15, 0.2) is 0 Å². The summed E-state index contributed by atoms with van der Waals surface area (Å²) in [6.45, 7) is 11.8. The second-order valence-electron chi connectivity index (χ2n) is 3.58. The molecule has 0 aliphatic heterocycles. The Kier molecular flexibility index (Phi) is 5.78. The van der Waals surface area contributed by atoms with Gasteiger partial charge in [0.1, 0.15) is 5.56 Å². The van der Waals surface area contributed by atoms with Gasteiger partial charge in [-0.2, -0.15) is 5.10 Å². The minimum absolute atomic E-state index is 0.257. The van der Waals surface area contributed by atoms with Crippen LogP contribution in [0.1, 0.15) is 55.5 Å². The molecule has 4 nitrogen and oxygen atoms in total. The number of aromatic nitrogens is 2. The van der Waals surface area contributed by atoms with Gasteiger partial charge in [-0.1, -0.05) is 13.8 Å². The molecule has 0 atom stereocenters. The zero-order valence-electron chi connectivity index (χ0n) is 11.3. The molecule has 4 heteroatoms. The Balaban J connectivity index is 0.00000106. The molecule has 16 heavy (non-hydrogen) atoms. The minimum Gasteiger partial charge on any atom is -0.465 e. The van der Waals surface area contributed by atoms with Gasteiger partial charge in [-0.25, -0.2) is 4.79 Å². The molecule has 1 rings (SSSR count). The molecule has 1 heterocycles. The van der Waals surface area contributed by atoms with Crippen LogP contribution in [0.4, 0.5) is 0 Å². The van der Waals surface area contributed by atoms with E-state index < -0.39 is 0 Å². The Morgan fingerprint density at radius 3 is 2.12 bits per heavy atom. The average molecular weight is 226 g/mol. The van der Waals surface area contributed by atoms with E-state index in [0.717, 1.165) is 11.4 Å². The van der Waals surface area contributed by atoms with Crippen LogP contribution in [0, 0.1) is 13.8 Å². The largest absolute Gasteiger partial charge is 0.465 e. The van der Waals surface area contributed by atoms with Gasteiger partial charge in [0.2, 0.25) is 0 Å². The lowest BCUT2D eigenvalue weighted by Crippen LogP contribution is -2.07. The Morgan fingerprint density at radius 2 is 1.81 bits per heavy atom. The third-order valence-corrected chi connectivity index (χ3v) is 2.20. The van der Waals surface area contributed by atoms with Crippen molar-refractivity contribution in [3.8, 4) is 0 Å². The van der Waals surface area contributed by atoms with E-state index in [1.165, 1.54) is 7.11 Å². The lowest BCUT2D eigenvalue weighted by atomic mass is 10.2. The number of hydrogen-bond donors (Lipinski definition) is 0. The maximum absolute atomic E-state index is 11.4. The van der Waals surface area contributed by atoms with Gasteiger partial charge in [-0.15, -0.1) is 0 Å². The van der Waals surface area contributed by atoms with Crippen LogP contribution in [-0.4, -0.2) is 22.9 Å². The number of methoxy groups -OCH3 is 1. The lowest BCUT2D eigenvalue weighted by molar-refractivity contribution is 0.0599. The van der Waals surface area contributed by atoms with Crippen LogP contribution >= 0.6 is 0 Å². The van der Waals surface area contributed by atoms with E-state index in [1.54, 1.807) is 0 Å². The number of nitrogens with zero attached hydrogens (tertiary/aromatic N) is 2. The first-order valence-corrected chi connectivity index (χ1v) is 5.63. The van der Waals surface area contributed by atoms with Gasteiger partial charge in [0, 0.05) is 6.04 Å². The molecular weight excluding hydrogens is 204 g/mol. The second-order valence-corrected chi connectivity index (χ2v) is 3.58. The Morgan fingerprint density at radius 1 is 1.31 bits per heavy atom. The molecule has 92 valence electrons. The third-order valence-electron chi connectivity index (χ3n) is 2.20. The predicted molar refractivity (Wildman–Crippen MR) is 64.8 cm³/mol. The van der Waals surface area contributed by atoms with E-state index in [-0.39, 0.29) is 12.0 Å². The summed E-state index contributed by atoms with van der Waals surface area (Å²) in [7, 11) is 1.38. The van der Waals surface area contributed by atoms with Crippen molar-refractivity contribution in [1.82, 2.24) is 9.78 Å². The standard InChI is InChI=1S/C10H16N2O2.C2H6/c1-6(2)12-8(4)9(7(3)11-12)10(13)14-5;1-2/h6H,1-5H3;1-2H3. The molecule has 0 saturated heterocycles. The number of carbonyl (C=O) groups is 1. The molecule has 1 aromatic heterocycles. The molecule has 0 fully saturated rings. The van der Waals surface area contributed by atoms with E-state index in [2.05, 4.69) is 5.10 Å². The topological polar surface area (TPSA) is 44.1 Å². The zero-order valence-corrected chi connectivity index (χ0v) is 11.3. The van der Waals surface area contributed by atoms with E-state index in [1.807, 2.05) is 46.2 Å². The number of hydrogen-bond acceptors (Lipinski definition) is 3. The van der Waals surface area contributed by atoms with Crippen molar-refractivity contribution in [3.05, 3.63) is 17.0 Å². The quantitative estimate of drug-likeness (QED) is 0.728. The highest BCUT2D eigenvalue weighted by molar-refractivity contribution is 5.91. The maximum Gasteiger partial charge on any atom is 0.341 e. The van der Waals surface area contributed by atoms with Gasteiger partial charge in [0.25, 0.3) is 0 Å². The number of ether oxygens (including phenoxy) is 1. The molecule has 0 saturated carbocycles. The summed E-state index contributed by atoms with van der Waals surface area (Å²) in [5.74, 6) is -0.313. The van der Waals surface area contributed by atoms with E-state index >= 15 is 0 Å². The molecule has 0 bridgehead atoms.